The minimum Gasteiger partial charge on any atom is -0.508 e. The second kappa shape index (κ2) is 6.21. The van der Waals surface area contributed by atoms with Crippen molar-refractivity contribution in [1.29, 1.82) is 0 Å². The highest BCUT2D eigenvalue weighted by atomic mass is 79.9. The van der Waals surface area contributed by atoms with Crippen molar-refractivity contribution in [1.82, 2.24) is 15.5 Å². The van der Waals surface area contributed by atoms with Crippen molar-refractivity contribution in [2.45, 2.75) is 32.9 Å². The summed E-state index contributed by atoms with van der Waals surface area (Å²) in [7, 11) is 0. The summed E-state index contributed by atoms with van der Waals surface area (Å²) >= 11 is 3.44. The van der Waals surface area contributed by atoms with E-state index in [0.29, 0.717) is 5.75 Å². The van der Waals surface area contributed by atoms with Gasteiger partial charge in [-0.25, -0.2) is 0 Å². The predicted octanol–water partition coefficient (Wildman–Crippen LogP) is 3.43. The highest BCUT2D eigenvalue weighted by Gasteiger charge is 2.14. The molecule has 4 nitrogen and oxygen atoms in total. The number of hydrogen-bond donors (Lipinski definition) is 3. The largest absolute Gasteiger partial charge is 0.508 e. The van der Waals surface area contributed by atoms with Gasteiger partial charge >= 0.3 is 0 Å². The van der Waals surface area contributed by atoms with E-state index in [1.165, 1.54) is 0 Å². The number of hydrogen-bond acceptors (Lipinski definition) is 3. The van der Waals surface area contributed by atoms with Gasteiger partial charge in [0.25, 0.3) is 0 Å². The van der Waals surface area contributed by atoms with Crippen LogP contribution in [0.1, 0.15) is 36.2 Å². The van der Waals surface area contributed by atoms with E-state index in [0.717, 1.165) is 34.3 Å². The minimum atomic E-state index is 0.117. The van der Waals surface area contributed by atoms with Crippen LogP contribution in [0.15, 0.2) is 28.9 Å². The van der Waals surface area contributed by atoms with Crippen molar-refractivity contribution in [3.8, 4) is 5.75 Å². The van der Waals surface area contributed by atoms with Gasteiger partial charge in [0.15, 0.2) is 0 Å². The number of H-pyrrole nitrogens is 1. The fraction of sp³-hybridized carbons (Fsp3) is 0.357. The van der Waals surface area contributed by atoms with Gasteiger partial charge in [0, 0.05) is 33.9 Å². The molecule has 0 spiro atoms. The lowest BCUT2D eigenvalue weighted by Crippen LogP contribution is -2.20. The van der Waals surface area contributed by atoms with Gasteiger partial charge in [0.2, 0.25) is 0 Å². The van der Waals surface area contributed by atoms with E-state index in [1.807, 2.05) is 25.3 Å². The second-order valence-corrected chi connectivity index (χ2v) is 5.48. The molecule has 0 amide bonds. The summed E-state index contributed by atoms with van der Waals surface area (Å²) in [6, 6.07) is 5.63. The van der Waals surface area contributed by atoms with Crippen molar-refractivity contribution in [3.05, 3.63) is 45.7 Å². The number of aromatic nitrogens is 2. The number of phenolic OH excluding ortho intramolecular Hbond substituents is 1. The standard InChI is InChI=1S/C14H18BrN3O/c1-3-13(12-6-11(15)4-5-14(12)19)16-7-10-8-17-18-9(10)2/h4-6,8,13,16,19H,3,7H2,1-2H3,(H,17,18). The van der Waals surface area contributed by atoms with Crippen LogP contribution in [0, 0.1) is 6.92 Å². The lowest BCUT2D eigenvalue weighted by Gasteiger charge is -2.18. The Labute approximate surface area is 121 Å². The first-order valence-corrected chi connectivity index (χ1v) is 7.11. The fourth-order valence-corrected chi connectivity index (χ4v) is 2.44. The van der Waals surface area contributed by atoms with Crippen LogP contribution in [0.4, 0.5) is 0 Å². The Morgan fingerprint density at radius 2 is 2.26 bits per heavy atom. The molecule has 2 aromatic rings. The van der Waals surface area contributed by atoms with E-state index in [1.54, 1.807) is 6.07 Å². The maximum absolute atomic E-state index is 9.97. The Kier molecular flexibility index (Phi) is 4.61. The molecule has 1 atom stereocenters. The number of phenols is 1. The Balaban J connectivity index is 2.12. The average Bonchev–Trinajstić information content (AvgIpc) is 2.80. The number of benzene rings is 1. The number of aromatic hydroxyl groups is 1. The molecule has 19 heavy (non-hydrogen) atoms. The normalized spacial score (nSPS) is 12.6. The molecule has 0 aliphatic rings. The molecule has 2 rings (SSSR count). The van der Waals surface area contributed by atoms with Crippen LogP contribution >= 0.6 is 15.9 Å². The molecule has 0 saturated carbocycles. The molecule has 0 bridgehead atoms. The van der Waals surface area contributed by atoms with Crippen LogP contribution < -0.4 is 5.32 Å². The molecule has 1 aromatic heterocycles. The van der Waals surface area contributed by atoms with E-state index in [4.69, 9.17) is 0 Å². The summed E-state index contributed by atoms with van der Waals surface area (Å²) in [5, 5.41) is 20.4. The van der Waals surface area contributed by atoms with Gasteiger partial charge in [0.1, 0.15) is 5.75 Å². The highest BCUT2D eigenvalue weighted by molar-refractivity contribution is 9.10. The van der Waals surface area contributed by atoms with Gasteiger partial charge in [-0.1, -0.05) is 22.9 Å². The van der Waals surface area contributed by atoms with E-state index in [2.05, 4.69) is 38.4 Å². The third-order valence-corrected chi connectivity index (χ3v) is 3.74. The van der Waals surface area contributed by atoms with Crippen LogP contribution in [0.2, 0.25) is 0 Å². The van der Waals surface area contributed by atoms with Gasteiger partial charge in [-0.3, -0.25) is 5.10 Å². The predicted molar refractivity (Wildman–Crippen MR) is 79.0 cm³/mol. The molecule has 1 heterocycles. The Hall–Kier alpha value is -1.33. The smallest absolute Gasteiger partial charge is 0.120 e. The first-order valence-electron chi connectivity index (χ1n) is 6.32. The Morgan fingerprint density at radius 3 is 2.89 bits per heavy atom. The number of nitrogens with zero attached hydrogens (tertiary/aromatic N) is 1. The molecule has 102 valence electrons. The van der Waals surface area contributed by atoms with Crippen molar-refractivity contribution < 1.29 is 5.11 Å². The van der Waals surface area contributed by atoms with Crippen molar-refractivity contribution in [2.75, 3.05) is 0 Å². The zero-order valence-electron chi connectivity index (χ0n) is 11.1. The molecular weight excluding hydrogens is 306 g/mol. The third-order valence-electron chi connectivity index (χ3n) is 3.25. The molecule has 0 aliphatic heterocycles. The van der Waals surface area contributed by atoms with E-state index >= 15 is 0 Å². The number of aromatic amines is 1. The summed E-state index contributed by atoms with van der Waals surface area (Å²) in [4.78, 5) is 0. The lowest BCUT2D eigenvalue weighted by molar-refractivity contribution is 0.440. The number of aryl methyl sites for hydroxylation is 1. The quantitative estimate of drug-likeness (QED) is 0.790. The topological polar surface area (TPSA) is 60.9 Å². The van der Waals surface area contributed by atoms with Crippen LogP contribution in [0.25, 0.3) is 0 Å². The van der Waals surface area contributed by atoms with Crippen molar-refractivity contribution in [2.24, 2.45) is 0 Å². The molecular formula is C14H18BrN3O. The third kappa shape index (κ3) is 3.36. The highest BCUT2D eigenvalue weighted by Crippen LogP contribution is 2.29. The zero-order chi connectivity index (χ0) is 13.8. The molecule has 0 radical (unpaired) electrons. The van der Waals surface area contributed by atoms with Crippen LogP contribution in [0.3, 0.4) is 0 Å². The molecule has 3 N–H and O–H groups in total. The van der Waals surface area contributed by atoms with Gasteiger partial charge in [0.05, 0.1) is 6.20 Å². The molecule has 0 aliphatic carbocycles. The molecule has 1 aromatic carbocycles. The van der Waals surface area contributed by atoms with Crippen LogP contribution in [-0.4, -0.2) is 15.3 Å². The van der Waals surface area contributed by atoms with Gasteiger partial charge < -0.3 is 10.4 Å². The fourth-order valence-electron chi connectivity index (χ4n) is 2.07. The first kappa shape index (κ1) is 14.1. The summed E-state index contributed by atoms with van der Waals surface area (Å²) in [5.41, 5.74) is 3.13. The van der Waals surface area contributed by atoms with Crippen molar-refractivity contribution >= 4 is 15.9 Å². The Morgan fingerprint density at radius 1 is 1.47 bits per heavy atom. The summed E-state index contributed by atoms with van der Waals surface area (Å²) in [5.74, 6) is 0.325. The monoisotopic (exact) mass is 323 g/mol. The maximum atomic E-state index is 9.97. The van der Waals surface area contributed by atoms with E-state index in [-0.39, 0.29) is 6.04 Å². The van der Waals surface area contributed by atoms with Gasteiger partial charge in [-0.05, 0) is 31.5 Å². The molecule has 0 fully saturated rings. The summed E-state index contributed by atoms with van der Waals surface area (Å²) in [6.45, 7) is 4.83. The van der Waals surface area contributed by atoms with Gasteiger partial charge in [-0.2, -0.15) is 5.10 Å². The lowest BCUT2D eigenvalue weighted by atomic mass is 10.0. The van der Waals surface area contributed by atoms with Crippen LogP contribution in [-0.2, 0) is 6.54 Å². The molecule has 0 saturated heterocycles. The average molecular weight is 324 g/mol. The number of rotatable bonds is 5. The zero-order valence-corrected chi connectivity index (χ0v) is 12.7. The summed E-state index contributed by atoms with van der Waals surface area (Å²) in [6.07, 6.45) is 2.73. The SMILES string of the molecule is CCC(NCc1cn[nH]c1C)c1cc(Br)ccc1O. The Bertz CT molecular complexity index is 553. The maximum Gasteiger partial charge on any atom is 0.120 e. The molecule has 5 heteroatoms. The second-order valence-electron chi connectivity index (χ2n) is 4.57. The van der Waals surface area contributed by atoms with E-state index < -0.39 is 0 Å². The first-order chi connectivity index (χ1) is 9.11. The van der Waals surface area contributed by atoms with E-state index in [9.17, 15) is 5.11 Å². The summed E-state index contributed by atoms with van der Waals surface area (Å²) < 4.78 is 0.972. The number of halogens is 1. The number of nitrogens with one attached hydrogen (secondary N) is 2. The van der Waals surface area contributed by atoms with Crippen LogP contribution in [0.5, 0.6) is 5.75 Å². The van der Waals surface area contributed by atoms with Gasteiger partial charge in [-0.15, -0.1) is 0 Å². The molecule has 1 unspecified atom stereocenters. The minimum absolute atomic E-state index is 0.117. The van der Waals surface area contributed by atoms with Crippen molar-refractivity contribution in [3.63, 3.8) is 0 Å².